The van der Waals surface area contributed by atoms with Gasteiger partial charge in [0, 0.05) is 32.4 Å². The Morgan fingerprint density at radius 3 is 2.53 bits per heavy atom. The summed E-state index contributed by atoms with van der Waals surface area (Å²) in [4.78, 5) is 17.2. The van der Waals surface area contributed by atoms with Gasteiger partial charge in [-0.2, -0.15) is 13.2 Å². The molecule has 206 valence electrons. The number of nitrogens with zero attached hydrogens (tertiary/aromatic N) is 2. The van der Waals surface area contributed by atoms with Crippen LogP contribution in [-0.4, -0.2) is 43.4 Å². The fourth-order valence-corrected chi connectivity index (χ4v) is 5.43. The largest absolute Gasteiger partial charge is 0.496 e. The molecule has 2 aromatic carbocycles. The van der Waals surface area contributed by atoms with Gasteiger partial charge in [-0.3, -0.25) is 4.79 Å². The average molecular weight is 617 g/mol. The van der Waals surface area contributed by atoms with Crippen LogP contribution in [0.1, 0.15) is 34.6 Å². The van der Waals surface area contributed by atoms with Gasteiger partial charge in [0.1, 0.15) is 29.5 Å². The molecule has 12 heteroatoms. The Kier molecular flexibility index (Phi) is 7.98. The Morgan fingerprint density at radius 1 is 1.21 bits per heavy atom. The summed E-state index contributed by atoms with van der Waals surface area (Å²) in [5.74, 6) is -0.698. The van der Waals surface area contributed by atoms with Gasteiger partial charge in [-0.1, -0.05) is 19.6 Å². The highest BCUT2D eigenvalue weighted by Crippen LogP contribution is 2.58. The van der Waals surface area contributed by atoms with Gasteiger partial charge in [0.25, 0.3) is 5.91 Å². The van der Waals surface area contributed by atoms with Crippen LogP contribution in [0, 0.1) is 5.82 Å². The second kappa shape index (κ2) is 10.6. The van der Waals surface area contributed by atoms with E-state index in [0.29, 0.717) is 22.3 Å². The van der Waals surface area contributed by atoms with Crippen LogP contribution < -0.4 is 10.1 Å². The number of halogens is 5. The fourth-order valence-electron chi connectivity index (χ4n) is 4.20. The first-order valence-corrected chi connectivity index (χ1v) is 16.7. The predicted octanol–water partition coefficient (Wildman–Crippen LogP) is 6.78. The first kappa shape index (κ1) is 28.6. The Balaban J connectivity index is 1.59. The molecule has 1 aromatic heterocycles. The number of alkyl halides is 3. The molecule has 1 heterocycles. The van der Waals surface area contributed by atoms with Crippen molar-refractivity contribution < 1.29 is 31.8 Å². The number of benzene rings is 2. The summed E-state index contributed by atoms with van der Waals surface area (Å²) in [6.45, 7) is 6.90. The topological polar surface area (TPSA) is 65.4 Å². The number of imidazole rings is 1. The number of hydrogen-bond acceptors (Lipinski definition) is 4. The highest BCUT2D eigenvalue weighted by atomic mass is 79.9. The van der Waals surface area contributed by atoms with Gasteiger partial charge >= 0.3 is 6.18 Å². The third-order valence-electron chi connectivity index (χ3n) is 6.71. The van der Waals surface area contributed by atoms with Gasteiger partial charge in [0.05, 0.1) is 22.6 Å². The summed E-state index contributed by atoms with van der Waals surface area (Å²) in [6, 6.07) is 8.17. The van der Waals surface area contributed by atoms with E-state index >= 15 is 0 Å². The minimum atomic E-state index is -4.44. The number of amides is 1. The monoisotopic (exact) mass is 615 g/mol. The molecule has 0 radical (unpaired) electrons. The van der Waals surface area contributed by atoms with Crippen molar-refractivity contribution in [2.24, 2.45) is 0 Å². The molecule has 0 unspecified atom stereocenters. The first-order valence-electron chi connectivity index (χ1n) is 12.2. The van der Waals surface area contributed by atoms with Crippen LogP contribution in [0.4, 0.5) is 17.6 Å². The van der Waals surface area contributed by atoms with Gasteiger partial charge in [-0.25, -0.2) is 9.37 Å². The molecule has 0 atom stereocenters. The van der Waals surface area contributed by atoms with E-state index in [9.17, 15) is 22.4 Å². The van der Waals surface area contributed by atoms with Crippen molar-refractivity contribution in [1.82, 2.24) is 14.9 Å². The maximum atomic E-state index is 14.3. The molecule has 6 nitrogen and oxygen atoms in total. The van der Waals surface area contributed by atoms with E-state index in [2.05, 4.69) is 45.9 Å². The van der Waals surface area contributed by atoms with E-state index in [1.54, 1.807) is 6.07 Å². The summed E-state index contributed by atoms with van der Waals surface area (Å²) in [6.07, 6.45) is -4.52. The zero-order chi connectivity index (χ0) is 27.9. The number of ether oxygens (including phenoxy) is 2. The minimum absolute atomic E-state index is 0.0374. The third kappa shape index (κ3) is 5.91. The molecule has 0 bridgehead atoms. The van der Waals surface area contributed by atoms with Crippen LogP contribution in [-0.2, 0) is 23.4 Å². The van der Waals surface area contributed by atoms with Crippen molar-refractivity contribution in [3.05, 3.63) is 57.6 Å². The normalized spacial score (nSPS) is 15.1. The van der Waals surface area contributed by atoms with Crippen LogP contribution in [0.2, 0.25) is 25.7 Å². The lowest BCUT2D eigenvalue weighted by molar-refractivity contribution is -0.163. The molecule has 0 saturated heterocycles. The molecule has 1 aliphatic carbocycles. The van der Waals surface area contributed by atoms with Crippen molar-refractivity contribution in [2.45, 2.75) is 63.4 Å². The number of hydrogen-bond donors (Lipinski definition) is 1. The molecule has 1 fully saturated rings. The number of nitrogens with one attached hydrogen (secondary N) is 1. The molecule has 0 aliphatic heterocycles. The molecule has 0 spiro atoms. The van der Waals surface area contributed by atoms with Crippen molar-refractivity contribution in [1.29, 1.82) is 0 Å². The highest BCUT2D eigenvalue weighted by molar-refractivity contribution is 9.10. The van der Waals surface area contributed by atoms with Gasteiger partial charge in [0.2, 0.25) is 0 Å². The summed E-state index contributed by atoms with van der Waals surface area (Å²) in [5, 5.41) is 2.65. The van der Waals surface area contributed by atoms with Gasteiger partial charge in [-0.05, 0) is 65.1 Å². The van der Waals surface area contributed by atoms with Gasteiger partial charge in [-0.15, -0.1) is 0 Å². The van der Waals surface area contributed by atoms with Crippen LogP contribution in [0.5, 0.6) is 5.75 Å². The molecular formula is C26H30BrF4N3O3Si. The number of carbonyl (C=O) groups excluding carboxylic acids is 1. The SMILES string of the molecule is COc1cc(CNC(=O)c2ccc3c(c2)nc(C2(C(F)(F)F)CC2)n3COCC[Si](C)(C)C)c(F)cc1Br. The molecule has 1 aliphatic rings. The Hall–Kier alpha value is -2.44. The van der Waals surface area contributed by atoms with Gasteiger partial charge < -0.3 is 19.4 Å². The van der Waals surface area contributed by atoms with Gasteiger partial charge in [0.15, 0.2) is 0 Å². The second-order valence-electron chi connectivity index (χ2n) is 10.8. The number of aromatic nitrogens is 2. The first-order chi connectivity index (χ1) is 17.8. The summed E-state index contributed by atoms with van der Waals surface area (Å²) >= 11 is 3.21. The van der Waals surface area contributed by atoms with Crippen LogP contribution in [0.15, 0.2) is 34.8 Å². The van der Waals surface area contributed by atoms with E-state index in [1.165, 1.54) is 35.9 Å². The lowest BCUT2D eigenvalue weighted by Crippen LogP contribution is -2.32. The highest BCUT2D eigenvalue weighted by Gasteiger charge is 2.67. The molecule has 1 amide bonds. The summed E-state index contributed by atoms with van der Waals surface area (Å²) in [7, 11) is 0.0769. The number of carbonyl (C=O) groups is 1. The number of fused-ring (bicyclic) bond motifs is 1. The molecular weight excluding hydrogens is 586 g/mol. The Labute approximate surface area is 227 Å². The predicted molar refractivity (Wildman–Crippen MR) is 143 cm³/mol. The lowest BCUT2D eigenvalue weighted by atomic mass is 10.1. The molecule has 3 aromatic rings. The van der Waals surface area contributed by atoms with E-state index in [4.69, 9.17) is 9.47 Å². The van der Waals surface area contributed by atoms with Crippen LogP contribution in [0.25, 0.3) is 11.0 Å². The molecule has 38 heavy (non-hydrogen) atoms. The van der Waals surface area contributed by atoms with Crippen LogP contribution in [0.3, 0.4) is 0 Å². The molecule has 4 rings (SSSR count). The summed E-state index contributed by atoms with van der Waals surface area (Å²) in [5.41, 5.74) is -0.844. The van der Waals surface area contributed by atoms with E-state index < -0.39 is 31.4 Å². The molecule has 1 saturated carbocycles. The smallest absolute Gasteiger partial charge is 0.401 e. The Bertz CT molecular complexity index is 1350. The standard InChI is InChI=1S/C26H30BrF4N3O3Si/c1-36-22-12-17(19(28)13-18(22)27)14-32-23(35)16-5-6-21-20(11-16)33-24(25(7-8-25)26(29,30)31)34(21)15-37-9-10-38(2,3)4/h5-6,11-13H,7-10,14-15H2,1-4H3,(H,32,35). The maximum absolute atomic E-state index is 14.3. The lowest BCUT2D eigenvalue weighted by Gasteiger charge is -2.21. The number of rotatable bonds is 10. The van der Waals surface area contributed by atoms with E-state index in [1.807, 2.05) is 0 Å². The van der Waals surface area contributed by atoms with Crippen molar-refractivity contribution >= 4 is 40.9 Å². The van der Waals surface area contributed by atoms with E-state index in [-0.39, 0.29) is 48.6 Å². The minimum Gasteiger partial charge on any atom is -0.496 e. The van der Waals surface area contributed by atoms with Crippen LogP contribution >= 0.6 is 15.9 Å². The number of methoxy groups -OCH3 is 1. The zero-order valence-corrected chi connectivity index (χ0v) is 24.2. The van der Waals surface area contributed by atoms with Crippen molar-refractivity contribution in [3.8, 4) is 5.75 Å². The summed E-state index contributed by atoms with van der Waals surface area (Å²) < 4.78 is 69.3. The van der Waals surface area contributed by atoms with E-state index in [0.717, 1.165) is 6.04 Å². The zero-order valence-electron chi connectivity index (χ0n) is 21.6. The Morgan fingerprint density at radius 2 is 1.92 bits per heavy atom. The third-order valence-corrected chi connectivity index (χ3v) is 9.03. The fraction of sp³-hybridized carbons (Fsp3) is 0.462. The second-order valence-corrected chi connectivity index (χ2v) is 17.2. The van der Waals surface area contributed by atoms with Crippen molar-refractivity contribution in [3.63, 3.8) is 0 Å². The average Bonchev–Trinajstić information content (AvgIpc) is 3.57. The quantitative estimate of drug-likeness (QED) is 0.155. The van der Waals surface area contributed by atoms with Crippen molar-refractivity contribution in [2.75, 3.05) is 13.7 Å². The molecule has 1 N–H and O–H groups in total. The maximum Gasteiger partial charge on any atom is 0.401 e.